The zero-order chi connectivity index (χ0) is 19.8. The number of rotatable bonds is 8. The summed E-state index contributed by atoms with van der Waals surface area (Å²) in [7, 11) is 1.36. The third kappa shape index (κ3) is 5.80. The van der Waals surface area contributed by atoms with Crippen LogP contribution in [0.1, 0.15) is 36.6 Å². The highest BCUT2D eigenvalue weighted by molar-refractivity contribution is 5.82. The van der Waals surface area contributed by atoms with Crippen molar-refractivity contribution in [3.8, 4) is 11.8 Å². The minimum atomic E-state index is -1.07. The summed E-state index contributed by atoms with van der Waals surface area (Å²) >= 11 is 0. The molecule has 142 valence electrons. The van der Waals surface area contributed by atoms with Gasteiger partial charge in [0.25, 0.3) is 5.91 Å². The quantitative estimate of drug-likeness (QED) is 0.768. The first-order valence-electron chi connectivity index (χ1n) is 8.66. The first kappa shape index (κ1) is 20.4. The van der Waals surface area contributed by atoms with Gasteiger partial charge < -0.3 is 14.8 Å². The van der Waals surface area contributed by atoms with E-state index in [1.807, 2.05) is 19.9 Å². The van der Waals surface area contributed by atoms with E-state index in [-0.39, 0.29) is 12.1 Å². The molecule has 0 aliphatic heterocycles. The van der Waals surface area contributed by atoms with Crippen molar-refractivity contribution in [3.05, 3.63) is 65.0 Å². The molecule has 0 fully saturated rings. The number of nitrogens with one attached hydrogen (secondary N) is 1. The first-order chi connectivity index (χ1) is 12.9. The highest BCUT2D eigenvalue weighted by atomic mass is 19.1. The van der Waals surface area contributed by atoms with E-state index in [1.165, 1.54) is 19.2 Å². The Morgan fingerprint density at radius 2 is 1.93 bits per heavy atom. The van der Waals surface area contributed by atoms with Gasteiger partial charge in [0.05, 0.1) is 18.2 Å². The molecule has 0 bridgehead atoms. The predicted octanol–water partition coefficient (Wildman–Crippen LogP) is 3.74. The lowest BCUT2D eigenvalue weighted by atomic mass is 10.1. The average Bonchev–Trinajstić information content (AvgIpc) is 2.67. The van der Waals surface area contributed by atoms with Crippen molar-refractivity contribution in [1.29, 1.82) is 5.26 Å². The maximum atomic E-state index is 14.4. The van der Waals surface area contributed by atoms with E-state index >= 15 is 0 Å². The van der Waals surface area contributed by atoms with Crippen molar-refractivity contribution in [2.75, 3.05) is 13.7 Å². The zero-order valence-corrected chi connectivity index (χ0v) is 15.7. The van der Waals surface area contributed by atoms with Crippen LogP contribution in [0.3, 0.4) is 0 Å². The van der Waals surface area contributed by atoms with Crippen molar-refractivity contribution >= 4 is 5.91 Å². The molecule has 1 atom stereocenters. The summed E-state index contributed by atoms with van der Waals surface area (Å²) in [6.45, 7) is 4.74. The van der Waals surface area contributed by atoms with Crippen LogP contribution >= 0.6 is 0 Å². The van der Waals surface area contributed by atoms with E-state index in [4.69, 9.17) is 14.7 Å². The van der Waals surface area contributed by atoms with E-state index in [0.29, 0.717) is 23.8 Å². The molecule has 2 rings (SSSR count). The number of ether oxygens (including phenoxy) is 2. The number of carbonyl (C=O) groups excluding carboxylic acids is 1. The molecule has 1 N–H and O–H groups in total. The summed E-state index contributed by atoms with van der Waals surface area (Å²) in [4.78, 5) is 12.4. The summed E-state index contributed by atoms with van der Waals surface area (Å²) in [5, 5.41) is 11.5. The molecule has 2 aromatic rings. The second-order valence-electron chi connectivity index (χ2n) is 6.53. The second kappa shape index (κ2) is 9.70. The summed E-state index contributed by atoms with van der Waals surface area (Å²) in [5.41, 5.74) is 1.52. The van der Waals surface area contributed by atoms with Gasteiger partial charge in [0.15, 0.2) is 6.10 Å². The number of carbonyl (C=O) groups is 1. The molecule has 1 unspecified atom stereocenters. The highest BCUT2D eigenvalue weighted by Crippen LogP contribution is 2.25. The van der Waals surface area contributed by atoms with Crippen molar-refractivity contribution in [3.63, 3.8) is 0 Å². The summed E-state index contributed by atoms with van der Waals surface area (Å²) < 4.78 is 25.2. The van der Waals surface area contributed by atoms with E-state index in [9.17, 15) is 9.18 Å². The van der Waals surface area contributed by atoms with E-state index in [1.54, 1.807) is 30.3 Å². The van der Waals surface area contributed by atoms with Crippen molar-refractivity contribution < 1.29 is 18.7 Å². The van der Waals surface area contributed by atoms with Gasteiger partial charge >= 0.3 is 0 Å². The molecule has 0 aromatic heterocycles. The van der Waals surface area contributed by atoms with Crippen molar-refractivity contribution in [2.45, 2.75) is 26.5 Å². The van der Waals surface area contributed by atoms with Gasteiger partial charge in [-0.15, -0.1) is 0 Å². The van der Waals surface area contributed by atoms with Crippen LogP contribution in [-0.2, 0) is 16.1 Å². The first-order valence-corrected chi connectivity index (χ1v) is 8.66. The Balaban J connectivity index is 2.03. The fourth-order valence-corrected chi connectivity index (χ4v) is 2.43. The monoisotopic (exact) mass is 370 g/mol. The molecular formula is C21H23FN2O3. The van der Waals surface area contributed by atoms with Crippen LogP contribution in [0.2, 0.25) is 0 Å². The lowest BCUT2D eigenvalue weighted by molar-refractivity contribution is -0.131. The topological polar surface area (TPSA) is 71.3 Å². The van der Waals surface area contributed by atoms with Gasteiger partial charge in [-0.05, 0) is 35.7 Å². The summed E-state index contributed by atoms with van der Waals surface area (Å²) in [5.74, 6) is -0.265. The molecule has 0 saturated carbocycles. The van der Waals surface area contributed by atoms with E-state index in [2.05, 4.69) is 5.32 Å². The van der Waals surface area contributed by atoms with Gasteiger partial charge in [0, 0.05) is 25.3 Å². The lowest BCUT2D eigenvalue weighted by Gasteiger charge is -2.17. The standard InChI is InChI=1S/C21H23FN2O3/c1-14(2)13-27-17-8-9-18(19(22)10-17)20(26-3)21(25)24-12-16-6-4-15(11-23)5-7-16/h4-10,14,20H,12-13H2,1-3H3,(H,24,25). The Morgan fingerprint density at radius 1 is 1.22 bits per heavy atom. The molecule has 0 aliphatic rings. The molecule has 0 radical (unpaired) electrons. The maximum Gasteiger partial charge on any atom is 0.254 e. The number of nitriles is 1. The molecule has 6 heteroatoms. The normalized spacial score (nSPS) is 11.7. The fraction of sp³-hybridized carbons (Fsp3) is 0.333. The molecule has 5 nitrogen and oxygen atoms in total. The molecule has 0 spiro atoms. The van der Waals surface area contributed by atoms with Crippen LogP contribution in [0.15, 0.2) is 42.5 Å². The Bertz CT molecular complexity index is 813. The minimum absolute atomic E-state index is 0.145. The third-order valence-electron chi connectivity index (χ3n) is 3.86. The lowest BCUT2D eigenvalue weighted by Crippen LogP contribution is -2.30. The SMILES string of the molecule is COC(C(=O)NCc1ccc(C#N)cc1)c1ccc(OCC(C)C)cc1F. The number of halogens is 1. The number of benzene rings is 2. The number of amides is 1. The Hall–Kier alpha value is -2.91. The second-order valence-corrected chi connectivity index (χ2v) is 6.53. The molecule has 0 aliphatic carbocycles. The van der Waals surface area contributed by atoms with Gasteiger partial charge in [-0.2, -0.15) is 5.26 Å². The molecule has 2 aromatic carbocycles. The number of nitrogens with zero attached hydrogens (tertiary/aromatic N) is 1. The van der Waals surface area contributed by atoms with E-state index < -0.39 is 17.8 Å². The molecule has 0 saturated heterocycles. The smallest absolute Gasteiger partial charge is 0.254 e. The van der Waals surface area contributed by atoms with Gasteiger partial charge in [-0.25, -0.2) is 4.39 Å². The van der Waals surface area contributed by atoms with Gasteiger partial charge in [-0.1, -0.05) is 26.0 Å². The van der Waals surface area contributed by atoms with Crippen LogP contribution in [0.4, 0.5) is 4.39 Å². The van der Waals surface area contributed by atoms with Gasteiger partial charge in [0.1, 0.15) is 11.6 Å². The van der Waals surface area contributed by atoms with E-state index in [0.717, 1.165) is 5.56 Å². The average molecular weight is 370 g/mol. The molecule has 0 heterocycles. The zero-order valence-electron chi connectivity index (χ0n) is 15.7. The Kier molecular flexibility index (Phi) is 7.33. The number of methoxy groups -OCH3 is 1. The van der Waals surface area contributed by atoms with Crippen LogP contribution in [0.5, 0.6) is 5.75 Å². The van der Waals surface area contributed by atoms with Gasteiger partial charge in [0.2, 0.25) is 0 Å². The highest BCUT2D eigenvalue weighted by Gasteiger charge is 2.23. The Morgan fingerprint density at radius 3 is 2.48 bits per heavy atom. The predicted molar refractivity (Wildman–Crippen MR) is 99.5 cm³/mol. The largest absolute Gasteiger partial charge is 0.493 e. The summed E-state index contributed by atoms with van der Waals surface area (Å²) in [6, 6.07) is 13.3. The van der Waals surface area contributed by atoms with Crippen LogP contribution < -0.4 is 10.1 Å². The number of hydrogen-bond donors (Lipinski definition) is 1. The fourth-order valence-electron chi connectivity index (χ4n) is 2.43. The van der Waals surface area contributed by atoms with Crippen LogP contribution in [-0.4, -0.2) is 19.6 Å². The number of hydrogen-bond acceptors (Lipinski definition) is 4. The molecule has 27 heavy (non-hydrogen) atoms. The summed E-state index contributed by atoms with van der Waals surface area (Å²) in [6.07, 6.45) is -1.07. The van der Waals surface area contributed by atoms with Crippen molar-refractivity contribution in [1.82, 2.24) is 5.32 Å². The van der Waals surface area contributed by atoms with Crippen molar-refractivity contribution in [2.24, 2.45) is 5.92 Å². The minimum Gasteiger partial charge on any atom is -0.493 e. The Labute approximate surface area is 158 Å². The maximum absolute atomic E-state index is 14.4. The third-order valence-corrected chi connectivity index (χ3v) is 3.86. The van der Waals surface area contributed by atoms with Gasteiger partial charge in [-0.3, -0.25) is 4.79 Å². The molecular weight excluding hydrogens is 347 g/mol. The molecule has 1 amide bonds. The van der Waals surface area contributed by atoms with Crippen LogP contribution in [0.25, 0.3) is 0 Å². The van der Waals surface area contributed by atoms with Crippen LogP contribution in [0, 0.1) is 23.1 Å².